The van der Waals surface area contributed by atoms with Gasteiger partial charge in [0.2, 0.25) is 11.6 Å². The van der Waals surface area contributed by atoms with Crippen LogP contribution in [0.3, 0.4) is 0 Å². The molecule has 0 N–H and O–H groups in total. The van der Waals surface area contributed by atoms with E-state index in [0.717, 1.165) is 6.07 Å². The average molecular weight is 381 g/mol. The summed E-state index contributed by atoms with van der Waals surface area (Å²) in [5.41, 5.74) is -0.654. The van der Waals surface area contributed by atoms with Crippen LogP contribution in [0.4, 0.5) is 17.6 Å². The lowest BCUT2D eigenvalue weighted by atomic mass is 10.2. The molecule has 23 heavy (non-hydrogen) atoms. The van der Waals surface area contributed by atoms with Crippen molar-refractivity contribution >= 4 is 45.9 Å². The smallest absolute Gasteiger partial charge is 0.205 e. The monoisotopic (exact) mass is 380 g/mol. The van der Waals surface area contributed by atoms with Gasteiger partial charge in [-0.3, -0.25) is 0 Å². The lowest BCUT2D eigenvalue weighted by Gasteiger charge is -2.02. The van der Waals surface area contributed by atoms with E-state index in [9.17, 15) is 17.6 Å². The van der Waals surface area contributed by atoms with Gasteiger partial charge in [0.15, 0.2) is 17.2 Å². The van der Waals surface area contributed by atoms with E-state index in [4.69, 9.17) is 27.6 Å². The summed E-state index contributed by atoms with van der Waals surface area (Å²) < 4.78 is 58.7. The third-order valence-electron chi connectivity index (χ3n) is 3.06. The van der Waals surface area contributed by atoms with Gasteiger partial charge in [-0.15, -0.1) is 11.8 Å². The van der Waals surface area contributed by atoms with Crippen molar-refractivity contribution in [2.75, 3.05) is 0 Å². The molecule has 0 bridgehead atoms. The minimum absolute atomic E-state index is 0.152. The number of furan rings is 1. The standard InChI is InChI=1S/C15H6Cl2F4OS/c16-6-1-2-10(9(17)3-6)23-5-7-4-8-11(18)12(19)13(20)14(21)15(8)22-7/h1-4H,5H2. The summed E-state index contributed by atoms with van der Waals surface area (Å²) in [5.74, 6) is -6.49. The van der Waals surface area contributed by atoms with E-state index in [1.54, 1.807) is 18.2 Å². The first-order valence-corrected chi connectivity index (χ1v) is 7.95. The number of thioether (sulfide) groups is 1. The molecule has 0 aliphatic heterocycles. The van der Waals surface area contributed by atoms with Crippen molar-refractivity contribution in [1.29, 1.82) is 0 Å². The third-order valence-corrected chi connectivity index (χ3v) is 4.82. The molecule has 120 valence electrons. The van der Waals surface area contributed by atoms with Crippen molar-refractivity contribution in [3.63, 3.8) is 0 Å². The highest BCUT2D eigenvalue weighted by molar-refractivity contribution is 7.98. The van der Waals surface area contributed by atoms with E-state index in [0.29, 0.717) is 14.9 Å². The van der Waals surface area contributed by atoms with Gasteiger partial charge in [0.1, 0.15) is 5.76 Å². The Labute approximate surface area is 142 Å². The molecule has 0 unspecified atom stereocenters. The second-order valence-corrected chi connectivity index (χ2v) is 6.44. The topological polar surface area (TPSA) is 13.1 Å². The van der Waals surface area contributed by atoms with Crippen LogP contribution in [0.5, 0.6) is 0 Å². The predicted octanol–water partition coefficient (Wildman–Crippen LogP) is 6.59. The van der Waals surface area contributed by atoms with Gasteiger partial charge in [-0.25, -0.2) is 13.2 Å². The van der Waals surface area contributed by atoms with E-state index in [1.807, 2.05) is 0 Å². The van der Waals surface area contributed by atoms with Crippen molar-refractivity contribution in [2.45, 2.75) is 10.6 Å². The van der Waals surface area contributed by atoms with Crippen molar-refractivity contribution in [1.82, 2.24) is 0 Å². The Kier molecular flexibility index (Phi) is 4.49. The number of hydrogen-bond acceptors (Lipinski definition) is 2. The summed E-state index contributed by atoms with van der Waals surface area (Å²) in [6.07, 6.45) is 0. The highest BCUT2D eigenvalue weighted by atomic mass is 35.5. The van der Waals surface area contributed by atoms with Crippen LogP contribution in [0.15, 0.2) is 33.6 Å². The fraction of sp³-hybridized carbons (Fsp3) is 0.0667. The van der Waals surface area contributed by atoms with Crippen molar-refractivity contribution in [3.8, 4) is 0 Å². The molecule has 2 aromatic carbocycles. The Hall–Kier alpha value is -1.37. The number of benzene rings is 2. The van der Waals surface area contributed by atoms with E-state index in [2.05, 4.69) is 0 Å². The lowest BCUT2D eigenvalue weighted by Crippen LogP contribution is -1.95. The van der Waals surface area contributed by atoms with Gasteiger partial charge >= 0.3 is 0 Å². The SMILES string of the molecule is Fc1c(F)c(F)c2oc(CSc3ccc(Cl)cc3Cl)cc2c1F. The number of rotatable bonds is 3. The number of fused-ring (bicyclic) bond motifs is 1. The second kappa shape index (κ2) is 6.26. The minimum atomic E-state index is -1.90. The molecule has 3 aromatic rings. The Morgan fingerprint density at radius 2 is 1.61 bits per heavy atom. The molecule has 8 heteroatoms. The second-order valence-electron chi connectivity index (χ2n) is 4.57. The fourth-order valence-electron chi connectivity index (χ4n) is 1.99. The molecule has 0 saturated heterocycles. The summed E-state index contributed by atoms with van der Waals surface area (Å²) >= 11 is 13.0. The molecule has 0 atom stereocenters. The number of halogens is 6. The zero-order valence-corrected chi connectivity index (χ0v) is 13.4. The van der Waals surface area contributed by atoms with Gasteiger partial charge in [-0.2, -0.15) is 4.39 Å². The summed E-state index contributed by atoms with van der Waals surface area (Å²) in [4.78, 5) is 0.676. The Morgan fingerprint density at radius 1 is 0.913 bits per heavy atom. The maximum Gasteiger partial charge on any atom is 0.205 e. The molecule has 1 aromatic heterocycles. The van der Waals surface area contributed by atoms with Gasteiger partial charge in [0.05, 0.1) is 16.2 Å². The summed E-state index contributed by atoms with van der Waals surface area (Å²) in [6, 6.07) is 6.00. The molecule has 0 radical (unpaired) electrons. The number of hydrogen-bond donors (Lipinski definition) is 0. The Morgan fingerprint density at radius 3 is 2.30 bits per heavy atom. The van der Waals surface area contributed by atoms with Crippen molar-refractivity contribution in [3.05, 3.63) is 63.3 Å². The average Bonchev–Trinajstić information content (AvgIpc) is 2.94. The zero-order chi connectivity index (χ0) is 16.7. The Balaban J connectivity index is 1.92. The molecular weight excluding hydrogens is 375 g/mol. The van der Waals surface area contributed by atoms with Gasteiger partial charge < -0.3 is 4.42 Å². The van der Waals surface area contributed by atoms with Gasteiger partial charge in [0, 0.05) is 9.92 Å². The van der Waals surface area contributed by atoms with Crippen LogP contribution in [-0.2, 0) is 5.75 Å². The summed E-state index contributed by atoms with van der Waals surface area (Å²) in [5, 5.41) is 0.436. The summed E-state index contributed by atoms with van der Waals surface area (Å²) in [6.45, 7) is 0. The molecule has 0 aliphatic carbocycles. The molecular formula is C15H6Cl2F4OS. The largest absolute Gasteiger partial charge is 0.457 e. The maximum absolute atomic E-state index is 13.6. The van der Waals surface area contributed by atoms with Gasteiger partial charge in [-0.1, -0.05) is 23.2 Å². The molecule has 1 heterocycles. The van der Waals surface area contributed by atoms with Crippen LogP contribution in [0.25, 0.3) is 11.0 Å². The first kappa shape index (κ1) is 16.5. The molecule has 0 amide bonds. The van der Waals surface area contributed by atoms with Crippen LogP contribution < -0.4 is 0 Å². The van der Waals surface area contributed by atoms with E-state index < -0.39 is 34.2 Å². The quantitative estimate of drug-likeness (QED) is 0.220. The molecule has 3 rings (SSSR count). The molecule has 0 aliphatic rings. The van der Waals surface area contributed by atoms with Crippen LogP contribution >= 0.6 is 35.0 Å². The Bertz CT molecular complexity index is 865. The molecule has 0 fully saturated rings. The minimum Gasteiger partial charge on any atom is -0.457 e. The first-order chi connectivity index (χ1) is 10.9. The van der Waals surface area contributed by atoms with Crippen LogP contribution in [0.2, 0.25) is 10.0 Å². The molecule has 0 saturated carbocycles. The first-order valence-electron chi connectivity index (χ1n) is 6.20. The fourth-order valence-corrected chi connectivity index (χ4v) is 3.36. The predicted molar refractivity (Wildman–Crippen MR) is 82.1 cm³/mol. The van der Waals surface area contributed by atoms with Crippen molar-refractivity contribution in [2.24, 2.45) is 0 Å². The highest BCUT2D eigenvalue weighted by Crippen LogP contribution is 2.35. The summed E-state index contributed by atoms with van der Waals surface area (Å²) in [7, 11) is 0. The van der Waals surface area contributed by atoms with Gasteiger partial charge in [0.25, 0.3) is 0 Å². The lowest BCUT2D eigenvalue weighted by molar-refractivity contribution is 0.409. The van der Waals surface area contributed by atoms with Crippen molar-refractivity contribution < 1.29 is 22.0 Å². The molecule has 0 spiro atoms. The van der Waals surface area contributed by atoms with Crippen LogP contribution in [0, 0.1) is 23.3 Å². The van der Waals surface area contributed by atoms with E-state index >= 15 is 0 Å². The van der Waals surface area contributed by atoms with Gasteiger partial charge in [-0.05, 0) is 24.3 Å². The van der Waals surface area contributed by atoms with E-state index in [1.165, 1.54) is 11.8 Å². The zero-order valence-electron chi connectivity index (χ0n) is 11.1. The molecule has 1 nitrogen and oxygen atoms in total. The highest BCUT2D eigenvalue weighted by Gasteiger charge is 2.23. The normalized spacial score (nSPS) is 11.4. The third kappa shape index (κ3) is 3.03. The maximum atomic E-state index is 13.6. The van der Waals surface area contributed by atoms with Crippen LogP contribution in [-0.4, -0.2) is 0 Å². The van der Waals surface area contributed by atoms with E-state index in [-0.39, 0.29) is 11.5 Å². The van der Waals surface area contributed by atoms with Crippen LogP contribution in [0.1, 0.15) is 5.76 Å².